The number of nitrogens with zero attached hydrogens (tertiary/aromatic N) is 3. The molecule has 1 atom stereocenters. The highest BCUT2D eigenvalue weighted by atomic mass is 16.5. The molecule has 2 aromatic rings. The van der Waals surface area contributed by atoms with Crippen LogP contribution in [0.3, 0.4) is 0 Å². The van der Waals surface area contributed by atoms with E-state index in [-0.39, 0.29) is 17.8 Å². The van der Waals surface area contributed by atoms with Gasteiger partial charge in [-0.15, -0.1) is 0 Å². The lowest BCUT2D eigenvalue weighted by Gasteiger charge is -2.41. The zero-order chi connectivity index (χ0) is 22.8. The minimum absolute atomic E-state index is 0.122. The van der Waals surface area contributed by atoms with Crippen molar-refractivity contribution >= 4 is 28.9 Å². The largest absolute Gasteiger partial charge is 0.489 e. The first-order chi connectivity index (χ1) is 16.1. The third kappa shape index (κ3) is 4.53. The number of hydrogen-bond acceptors (Lipinski definition) is 9. The number of ether oxygens (including phenoxy) is 3. The summed E-state index contributed by atoms with van der Waals surface area (Å²) in [4.78, 5) is 23.8. The van der Waals surface area contributed by atoms with Crippen LogP contribution in [0.15, 0.2) is 18.2 Å². The number of hydrogen-bond donors (Lipinski definition) is 3. The van der Waals surface area contributed by atoms with E-state index in [9.17, 15) is 4.79 Å². The van der Waals surface area contributed by atoms with Crippen LogP contribution in [-0.4, -0.2) is 67.5 Å². The van der Waals surface area contributed by atoms with Gasteiger partial charge in [-0.25, -0.2) is 9.97 Å². The van der Waals surface area contributed by atoms with Crippen molar-refractivity contribution < 1.29 is 19.0 Å². The SMILES string of the molecule is CCc1nc(C(N)=O)c(Nc2ccc3c(c2)OC[C@H]2COCCN32)nc1NC1CCOCC1. The van der Waals surface area contributed by atoms with Gasteiger partial charge >= 0.3 is 0 Å². The fraction of sp³-hybridized carbons (Fsp3) is 0.522. The van der Waals surface area contributed by atoms with Gasteiger partial charge in [0.25, 0.3) is 5.91 Å². The molecule has 0 bridgehead atoms. The van der Waals surface area contributed by atoms with Crippen molar-refractivity contribution in [1.29, 1.82) is 0 Å². The van der Waals surface area contributed by atoms with E-state index in [0.717, 1.165) is 49.7 Å². The Morgan fingerprint density at radius 3 is 2.79 bits per heavy atom. The molecule has 33 heavy (non-hydrogen) atoms. The quantitative estimate of drug-likeness (QED) is 0.602. The van der Waals surface area contributed by atoms with Crippen LogP contribution in [0, 0.1) is 0 Å². The Labute approximate surface area is 192 Å². The zero-order valence-electron chi connectivity index (χ0n) is 18.8. The Morgan fingerprint density at radius 2 is 2.00 bits per heavy atom. The van der Waals surface area contributed by atoms with Crippen LogP contribution >= 0.6 is 0 Å². The Balaban J connectivity index is 1.43. The third-order valence-corrected chi connectivity index (χ3v) is 6.29. The normalized spacial score (nSPS) is 20.4. The van der Waals surface area contributed by atoms with Gasteiger partial charge in [0.2, 0.25) is 0 Å². The van der Waals surface area contributed by atoms with Gasteiger partial charge < -0.3 is 35.5 Å². The number of nitrogens with one attached hydrogen (secondary N) is 2. The molecule has 176 valence electrons. The van der Waals surface area contributed by atoms with Crippen LogP contribution in [0.25, 0.3) is 0 Å². The van der Waals surface area contributed by atoms with Gasteiger partial charge in [-0.3, -0.25) is 4.79 Å². The van der Waals surface area contributed by atoms with E-state index in [2.05, 4.69) is 20.5 Å². The minimum Gasteiger partial charge on any atom is -0.489 e. The van der Waals surface area contributed by atoms with Crippen molar-refractivity contribution in [2.75, 3.05) is 55.1 Å². The standard InChI is InChI=1S/C23H30N6O4/c1-2-17-22(25-14-5-8-31-9-6-14)28-23(20(27-17)21(24)30)26-15-3-4-18-19(11-15)33-13-16-12-32-10-7-29(16)18/h3-4,11,14,16H,2,5-10,12-13H2,1H3,(H2,24,30)(H2,25,26,28)/t16-/m1/s1. The molecule has 10 heteroatoms. The maximum absolute atomic E-state index is 12.2. The lowest BCUT2D eigenvalue weighted by molar-refractivity contribution is 0.0705. The first-order valence-corrected chi connectivity index (χ1v) is 11.6. The van der Waals surface area contributed by atoms with Crippen molar-refractivity contribution in [3.05, 3.63) is 29.6 Å². The van der Waals surface area contributed by atoms with Crippen LogP contribution in [0.1, 0.15) is 35.9 Å². The number of aryl methyl sites for hydroxylation is 1. The molecule has 5 rings (SSSR count). The predicted octanol–water partition coefficient (Wildman–Crippen LogP) is 2.07. The first kappa shape index (κ1) is 21.7. The van der Waals surface area contributed by atoms with Gasteiger partial charge in [0.15, 0.2) is 17.3 Å². The monoisotopic (exact) mass is 454 g/mol. The van der Waals surface area contributed by atoms with Crippen molar-refractivity contribution in [3.8, 4) is 5.75 Å². The smallest absolute Gasteiger partial charge is 0.271 e. The van der Waals surface area contributed by atoms with Crippen molar-refractivity contribution in [2.45, 2.75) is 38.3 Å². The highest BCUT2D eigenvalue weighted by Crippen LogP contribution is 2.38. The minimum atomic E-state index is -0.623. The molecule has 2 saturated heterocycles. The number of fused-ring (bicyclic) bond motifs is 3. The Bertz CT molecular complexity index is 1030. The fourth-order valence-corrected chi connectivity index (χ4v) is 4.50. The molecule has 0 spiro atoms. The molecule has 1 amide bonds. The molecule has 1 aromatic heterocycles. The van der Waals surface area contributed by atoms with Gasteiger partial charge in [-0.2, -0.15) is 0 Å². The molecule has 4 N–H and O–H groups in total. The van der Waals surface area contributed by atoms with Gasteiger partial charge in [-0.05, 0) is 31.4 Å². The zero-order valence-corrected chi connectivity index (χ0v) is 18.8. The summed E-state index contributed by atoms with van der Waals surface area (Å²) in [5.41, 5.74) is 8.28. The number of nitrogens with two attached hydrogens (primary N) is 1. The number of carbonyl (C=O) groups is 1. The van der Waals surface area contributed by atoms with Crippen LogP contribution in [-0.2, 0) is 15.9 Å². The maximum Gasteiger partial charge on any atom is 0.271 e. The summed E-state index contributed by atoms with van der Waals surface area (Å²) in [6.45, 7) is 6.21. The molecule has 1 aromatic carbocycles. The summed E-state index contributed by atoms with van der Waals surface area (Å²) < 4.78 is 17.0. The molecule has 0 unspecified atom stereocenters. The number of morpholine rings is 1. The van der Waals surface area contributed by atoms with E-state index in [1.165, 1.54) is 0 Å². The molecule has 0 radical (unpaired) electrons. The van der Waals surface area contributed by atoms with E-state index in [0.29, 0.717) is 43.6 Å². The molecule has 3 aliphatic heterocycles. The second-order valence-corrected chi connectivity index (χ2v) is 8.51. The summed E-state index contributed by atoms with van der Waals surface area (Å²) in [7, 11) is 0. The Morgan fingerprint density at radius 1 is 1.15 bits per heavy atom. The molecule has 2 fully saturated rings. The summed E-state index contributed by atoms with van der Waals surface area (Å²) in [5, 5.41) is 6.73. The predicted molar refractivity (Wildman–Crippen MR) is 125 cm³/mol. The average Bonchev–Trinajstić information content (AvgIpc) is 2.84. The lowest BCUT2D eigenvalue weighted by Crippen LogP contribution is -2.51. The highest BCUT2D eigenvalue weighted by Gasteiger charge is 2.30. The summed E-state index contributed by atoms with van der Waals surface area (Å²) in [6, 6.07) is 6.38. The van der Waals surface area contributed by atoms with Gasteiger partial charge in [0.05, 0.1) is 30.6 Å². The van der Waals surface area contributed by atoms with E-state index < -0.39 is 5.91 Å². The number of rotatable bonds is 6. The number of primary amides is 1. The first-order valence-electron chi connectivity index (χ1n) is 11.6. The van der Waals surface area contributed by atoms with Gasteiger partial charge in [0.1, 0.15) is 12.4 Å². The van der Waals surface area contributed by atoms with Crippen LogP contribution in [0.5, 0.6) is 5.75 Å². The van der Waals surface area contributed by atoms with E-state index in [1.807, 2.05) is 25.1 Å². The fourth-order valence-electron chi connectivity index (χ4n) is 4.50. The van der Waals surface area contributed by atoms with Crippen LogP contribution < -0.4 is 26.0 Å². The van der Waals surface area contributed by atoms with Crippen molar-refractivity contribution in [1.82, 2.24) is 9.97 Å². The highest BCUT2D eigenvalue weighted by molar-refractivity contribution is 5.96. The molecule has 10 nitrogen and oxygen atoms in total. The molecule has 0 aliphatic carbocycles. The maximum atomic E-state index is 12.2. The molecular weight excluding hydrogens is 424 g/mol. The molecule has 3 aliphatic rings. The summed E-state index contributed by atoms with van der Waals surface area (Å²) in [6.07, 6.45) is 2.43. The van der Waals surface area contributed by atoms with Crippen molar-refractivity contribution in [2.24, 2.45) is 5.73 Å². The van der Waals surface area contributed by atoms with Gasteiger partial charge in [0, 0.05) is 37.6 Å². The molecule has 4 heterocycles. The number of amides is 1. The topological polar surface area (TPSA) is 124 Å². The Kier molecular flexibility index (Phi) is 6.19. The Hall–Kier alpha value is -3.11. The summed E-state index contributed by atoms with van der Waals surface area (Å²) in [5.74, 6) is 1.16. The van der Waals surface area contributed by atoms with Crippen molar-refractivity contribution in [3.63, 3.8) is 0 Å². The van der Waals surface area contributed by atoms with Crippen LogP contribution in [0.4, 0.5) is 23.0 Å². The summed E-state index contributed by atoms with van der Waals surface area (Å²) >= 11 is 0. The number of anilines is 4. The van der Waals surface area contributed by atoms with Crippen LogP contribution in [0.2, 0.25) is 0 Å². The van der Waals surface area contributed by atoms with E-state index in [1.54, 1.807) is 0 Å². The second-order valence-electron chi connectivity index (χ2n) is 8.51. The second kappa shape index (κ2) is 9.40. The molecule has 0 saturated carbocycles. The number of benzene rings is 1. The lowest BCUT2D eigenvalue weighted by atomic mass is 10.1. The number of carbonyl (C=O) groups excluding carboxylic acids is 1. The average molecular weight is 455 g/mol. The van der Waals surface area contributed by atoms with Gasteiger partial charge in [-0.1, -0.05) is 6.92 Å². The molecular formula is C23H30N6O4. The number of aromatic nitrogens is 2. The third-order valence-electron chi connectivity index (χ3n) is 6.29. The van der Waals surface area contributed by atoms with E-state index >= 15 is 0 Å². The van der Waals surface area contributed by atoms with E-state index in [4.69, 9.17) is 24.9 Å².